The fraction of sp³-hybridized carbons (Fsp3) is 0.290. The second-order valence-corrected chi connectivity index (χ2v) is 11.1. The van der Waals surface area contributed by atoms with Gasteiger partial charge in [0, 0.05) is 16.7 Å². The molecule has 10 nitrogen and oxygen atoms in total. The number of primary amides is 1. The van der Waals surface area contributed by atoms with Gasteiger partial charge in [0.15, 0.2) is 0 Å². The van der Waals surface area contributed by atoms with Crippen LogP contribution in [0.15, 0.2) is 65.4 Å². The fourth-order valence-corrected chi connectivity index (χ4v) is 4.91. The van der Waals surface area contributed by atoms with Crippen molar-refractivity contribution in [3.05, 3.63) is 83.6 Å². The number of hydrogen-bond acceptors (Lipinski definition) is 8. The van der Waals surface area contributed by atoms with Crippen molar-refractivity contribution in [2.75, 3.05) is 13.2 Å². The molecule has 0 spiro atoms. The zero-order valence-electron chi connectivity index (χ0n) is 23.7. The van der Waals surface area contributed by atoms with Crippen molar-refractivity contribution < 1.29 is 46.1 Å². The Bertz CT molecular complexity index is 1780. The van der Waals surface area contributed by atoms with E-state index in [-0.39, 0.29) is 52.5 Å². The quantitative estimate of drug-likeness (QED) is 0.232. The van der Waals surface area contributed by atoms with Crippen molar-refractivity contribution in [1.29, 1.82) is 0 Å². The first kappa shape index (κ1) is 30.1. The topological polar surface area (TPSA) is 150 Å². The van der Waals surface area contributed by atoms with Crippen molar-refractivity contribution in [2.24, 2.45) is 5.73 Å². The number of ether oxygens (including phenoxy) is 2. The Labute approximate surface area is 253 Å². The minimum absolute atomic E-state index is 0.0328. The molecule has 0 saturated heterocycles. The monoisotopic (exact) mass is 626 g/mol. The van der Waals surface area contributed by atoms with E-state index in [9.17, 15) is 32.3 Å². The number of hydrogen-bond donors (Lipinski definition) is 3. The van der Waals surface area contributed by atoms with Crippen LogP contribution in [0.3, 0.4) is 0 Å². The van der Waals surface area contributed by atoms with Crippen molar-refractivity contribution in [3.8, 4) is 34.2 Å². The summed E-state index contributed by atoms with van der Waals surface area (Å²) in [5.41, 5.74) is -0.292. The lowest BCUT2D eigenvalue weighted by atomic mass is 9.81. The lowest BCUT2D eigenvalue weighted by Gasteiger charge is -2.31. The second kappa shape index (κ2) is 10.9. The summed E-state index contributed by atoms with van der Waals surface area (Å²) >= 11 is 0. The molecule has 1 saturated carbocycles. The number of aliphatic hydroxyl groups is 1. The van der Waals surface area contributed by atoms with E-state index in [1.54, 1.807) is 0 Å². The number of nitrogens with two attached hydrogens (primary N) is 1. The summed E-state index contributed by atoms with van der Waals surface area (Å²) in [7, 11) is 0. The Morgan fingerprint density at radius 2 is 1.89 bits per heavy atom. The lowest BCUT2D eigenvalue weighted by molar-refractivity contribution is -0.265. The molecule has 2 atom stereocenters. The Balaban J connectivity index is 1.37. The molecule has 2 amide bonds. The van der Waals surface area contributed by atoms with Gasteiger partial charge >= 0.3 is 6.18 Å². The zero-order valence-corrected chi connectivity index (χ0v) is 23.7. The van der Waals surface area contributed by atoms with Crippen molar-refractivity contribution in [1.82, 2.24) is 15.3 Å². The van der Waals surface area contributed by atoms with E-state index >= 15 is 0 Å². The molecule has 2 aromatic carbocycles. The van der Waals surface area contributed by atoms with E-state index in [1.165, 1.54) is 49.7 Å². The molecular formula is C31H26F4N4O6. The average molecular weight is 627 g/mol. The first-order valence-corrected chi connectivity index (χ1v) is 13.8. The van der Waals surface area contributed by atoms with Gasteiger partial charge < -0.3 is 30.0 Å². The van der Waals surface area contributed by atoms with Crippen LogP contribution in [0.1, 0.15) is 41.4 Å². The molecule has 1 aliphatic heterocycles. The predicted octanol–water partition coefficient (Wildman–Crippen LogP) is 4.40. The maximum absolute atomic E-state index is 14.7. The number of carbonyl (C=O) groups excluding carboxylic acids is 2. The van der Waals surface area contributed by atoms with Gasteiger partial charge in [0.25, 0.3) is 5.91 Å². The zero-order chi connectivity index (χ0) is 32.1. The van der Waals surface area contributed by atoms with Gasteiger partial charge in [-0.15, -0.1) is 0 Å². The van der Waals surface area contributed by atoms with Gasteiger partial charge in [-0.05, 0) is 68.3 Å². The number of oxazole rings is 1. The minimum atomic E-state index is -5.36. The highest BCUT2D eigenvalue weighted by Crippen LogP contribution is 2.47. The summed E-state index contributed by atoms with van der Waals surface area (Å²) in [4.78, 5) is 33.8. The SMILES string of the molecule is C[C@]1(C(N)=O)COc2c1cc([C@@](O)(CNC(=O)c1ccc(-c3ncco3)c(OC3CC3)c1)C(F)(F)F)nc2-c1ccc(F)cc1. The first-order chi connectivity index (χ1) is 21.3. The number of amides is 2. The summed E-state index contributed by atoms with van der Waals surface area (Å²) in [6.45, 7) is -0.262. The third-order valence-electron chi connectivity index (χ3n) is 7.86. The Kier molecular flexibility index (Phi) is 7.26. The van der Waals surface area contributed by atoms with Crippen LogP contribution in [0.25, 0.3) is 22.7 Å². The van der Waals surface area contributed by atoms with Crippen LogP contribution in [-0.2, 0) is 15.8 Å². The number of halogens is 4. The smallest absolute Gasteiger partial charge is 0.424 e. The van der Waals surface area contributed by atoms with Gasteiger partial charge in [0.2, 0.25) is 17.4 Å². The van der Waals surface area contributed by atoms with Gasteiger partial charge in [-0.3, -0.25) is 9.59 Å². The van der Waals surface area contributed by atoms with E-state index in [0.717, 1.165) is 31.0 Å². The van der Waals surface area contributed by atoms with Gasteiger partial charge in [-0.2, -0.15) is 13.2 Å². The normalized spacial score (nSPS) is 18.9. The second-order valence-electron chi connectivity index (χ2n) is 11.1. The number of alkyl halides is 3. The molecule has 1 fully saturated rings. The third kappa shape index (κ3) is 5.45. The van der Waals surface area contributed by atoms with Crippen LogP contribution in [-0.4, -0.2) is 52.3 Å². The molecule has 6 rings (SSSR count). The van der Waals surface area contributed by atoms with Gasteiger partial charge in [-0.1, -0.05) is 0 Å². The molecule has 14 heteroatoms. The third-order valence-corrected chi connectivity index (χ3v) is 7.86. The molecular weight excluding hydrogens is 600 g/mol. The van der Waals surface area contributed by atoms with Crippen molar-refractivity contribution >= 4 is 11.8 Å². The molecule has 45 heavy (non-hydrogen) atoms. The van der Waals surface area contributed by atoms with E-state index < -0.39 is 47.1 Å². The predicted molar refractivity (Wildman–Crippen MR) is 150 cm³/mol. The minimum Gasteiger partial charge on any atom is -0.490 e. The molecule has 234 valence electrons. The summed E-state index contributed by atoms with van der Waals surface area (Å²) in [5, 5.41) is 13.4. The number of rotatable bonds is 9. The molecule has 0 radical (unpaired) electrons. The number of aromatic nitrogens is 2. The standard InChI is InChI=1S/C31H26F4N4O6/c1-29(28(36)41)15-44-25-21(29)13-23(39-24(25)16-2-5-18(32)6-3-16)30(42,31(33,34)35)14-38-26(40)17-4-9-20(27-37-10-11-43-27)22(12-17)45-19-7-8-19/h2-6,9-13,19,42H,7-8,14-15H2,1H3,(H2,36,41)(H,38,40)/t29-,30-/m0/s1. The summed E-state index contributed by atoms with van der Waals surface area (Å²) in [6, 6.07) is 9.78. The number of nitrogens with zero attached hydrogens (tertiary/aromatic N) is 2. The van der Waals surface area contributed by atoms with Crippen LogP contribution in [0, 0.1) is 5.82 Å². The first-order valence-electron chi connectivity index (χ1n) is 13.8. The molecule has 4 N–H and O–H groups in total. The number of nitrogens with one attached hydrogen (secondary N) is 1. The van der Waals surface area contributed by atoms with Crippen LogP contribution in [0.5, 0.6) is 11.5 Å². The number of pyridine rings is 1. The Hall–Kier alpha value is -4.98. The number of carbonyl (C=O) groups is 2. The van der Waals surface area contributed by atoms with Crippen LogP contribution >= 0.6 is 0 Å². The fourth-order valence-electron chi connectivity index (χ4n) is 4.91. The highest BCUT2D eigenvalue weighted by atomic mass is 19.4. The highest BCUT2D eigenvalue weighted by molar-refractivity contribution is 5.95. The molecule has 0 unspecified atom stereocenters. The number of fused-ring (bicyclic) bond motifs is 1. The van der Waals surface area contributed by atoms with Gasteiger partial charge in [0.05, 0.1) is 30.1 Å². The van der Waals surface area contributed by atoms with E-state index in [4.69, 9.17) is 19.6 Å². The molecule has 3 heterocycles. The maximum Gasteiger partial charge on any atom is 0.424 e. The maximum atomic E-state index is 14.7. The Morgan fingerprint density at radius 3 is 2.51 bits per heavy atom. The van der Waals surface area contributed by atoms with Gasteiger partial charge in [0.1, 0.15) is 41.3 Å². The molecule has 2 aliphatic rings. The van der Waals surface area contributed by atoms with Gasteiger partial charge in [-0.25, -0.2) is 14.4 Å². The number of benzene rings is 2. The largest absolute Gasteiger partial charge is 0.490 e. The van der Waals surface area contributed by atoms with Crippen LogP contribution < -0.4 is 20.5 Å². The molecule has 2 aromatic heterocycles. The lowest BCUT2D eigenvalue weighted by Crippen LogP contribution is -2.51. The van der Waals surface area contributed by atoms with E-state index in [2.05, 4.69) is 15.3 Å². The molecule has 0 bridgehead atoms. The summed E-state index contributed by atoms with van der Waals surface area (Å²) < 4.78 is 74.7. The summed E-state index contributed by atoms with van der Waals surface area (Å²) in [6.07, 6.45) is -1.05. The van der Waals surface area contributed by atoms with Crippen molar-refractivity contribution in [2.45, 2.75) is 43.1 Å². The van der Waals surface area contributed by atoms with Crippen LogP contribution in [0.4, 0.5) is 17.6 Å². The average Bonchev–Trinajstić information content (AvgIpc) is 3.51. The van der Waals surface area contributed by atoms with Crippen molar-refractivity contribution in [3.63, 3.8) is 0 Å². The highest BCUT2D eigenvalue weighted by Gasteiger charge is 2.57. The molecule has 4 aromatic rings. The van der Waals surface area contributed by atoms with Crippen LogP contribution in [0.2, 0.25) is 0 Å². The summed E-state index contributed by atoms with van der Waals surface area (Å²) in [5.74, 6) is -1.98. The van der Waals surface area contributed by atoms with E-state index in [0.29, 0.717) is 5.56 Å². The Morgan fingerprint density at radius 1 is 1.16 bits per heavy atom. The molecule has 1 aliphatic carbocycles. The van der Waals surface area contributed by atoms with E-state index in [1.807, 2.05) is 0 Å².